The Morgan fingerprint density at radius 1 is 1.04 bits per heavy atom. The lowest BCUT2D eigenvalue weighted by Gasteiger charge is -2.15. The second-order valence-corrected chi connectivity index (χ2v) is 5.30. The Labute approximate surface area is 150 Å². The van der Waals surface area contributed by atoms with E-state index in [4.69, 9.17) is 14.2 Å². The SMILES string of the molecule is CCOc1ccccc1OCC(=O)O[C@H](C)C(=O)Nc1ccc(F)cc1. The van der Waals surface area contributed by atoms with Crippen molar-refractivity contribution >= 4 is 17.6 Å². The maximum absolute atomic E-state index is 12.9. The molecule has 0 aliphatic rings. The van der Waals surface area contributed by atoms with Gasteiger partial charge in [0.05, 0.1) is 6.61 Å². The Kier molecular flexibility index (Phi) is 6.96. The summed E-state index contributed by atoms with van der Waals surface area (Å²) in [5.41, 5.74) is 0.404. The number of esters is 1. The standard InChI is InChI=1S/C19H20FNO5/c1-3-24-16-6-4-5-7-17(16)25-12-18(22)26-13(2)19(23)21-15-10-8-14(20)9-11-15/h4-11,13H,3,12H2,1-2H3,(H,21,23)/t13-/m1/s1. The van der Waals surface area contributed by atoms with Crippen LogP contribution in [0, 0.1) is 5.82 Å². The summed E-state index contributed by atoms with van der Waals surface area (Å²) in [5, 5.41) is 2.53. The van der Waals surface area contributed by atoms with Crippen molar-refractivity contribution in [1.82, 2.24) is 0 Å². The number of carbonyl (C=O) groups is 2. The normalized spacial score (nSPS) is 11.3. The molecule has 0 fully saturated rings. The van der Waals surface area contributed by atoms with Crippen molar-refractivity contribution < 1.29 is 28.2 Å². The number of hydrogen-bond donors (Lipinski definition) is 1. The molecule has 7 heteroatoms. The van der Waals surface area contributed by atoms with E-state index >= 15 is 0 Å². The molecule has 0 bridgehead atoms. The molecule has 0 aliphatic carbocycles. The summed E-state index contributed by atoms with van der Waals surface area (Å²) >= 11 is 0. The highest BCUT2D eigenvalue weighted by atomic mass is 19.1. The molecule has 1 atom stereocenters. The number of hydrogen-bond acceptors (Lipinski definition) is 5. The maximum Gasteiger partial charge on any atom is 0.344 e. The van der Waals surface area contributed by atoms with Crippen LogP contribution in [0.1, 0.15) is 13.8 Å². The molecule has 6 nitrogen and oxygen atoms in total. The van der Waals surface area contributed by atoms with E-state index in [9.17, 15) is 14.0 Å². The van der Waals surface area contributed by atoms with Crippen LogP contribution >= 0.6 is 0 Å². The molecular formula is C19H20FNO5. The zero-order valence-electron chi connectivity index (χ0n) is 14.5. The summed E-state index contributed by atoms with van der Waals surface area (Å²) in [5.74, 6) is -0.704. The molecule has 0 heterocycles. The molecule has 1 amide bonds. The van der Waals surface area contributed by atoms with E-state index in [1.807, 2.05) is 6.92 Å². The third-order valence-electron chi connectivity index (χ3n) is 3.28. The molecule has 0 saturated carbocycles. The second kappa shape index (κ2) is 9.41. The number of rotatable bonds is 8. The molecule has 2 aromatic rings. The van der Waals surface area contributed by atoms with Gasteiger partial charge >= 0.3 is 5.97 Å². The molecule has 0 saturated heterocycles. The molecular weight excluding hydrogens is 341 g/mol. The Morgan fingerprint density at radius 2 is 1.65 bits per heavy atom. The first-order valence-electron chi connectivity index (χ1n) is 8.10. The molecule has 26 heavy (non-hydrogen) atoms. The summed E-state index contributed by atoms with van der Waals surface area (Å²) in [6.45, 7) is 3.38. The molecule has 138 valence electrons. The molecule has 2 rings (SSSR count). The highest BCUT2D eigenvalue weighted by molar-refractivity contribution is 5.95. The number of nitrogens with one attached hydrogen (secondary N) is 1. The lowest BCUT2D eigenvalue weighted by molar-refractivity contribution is -0.155. The Balaban J connectivity index is 1.83. The average Bonchev–Trinajstić information content (AvgIpc) is 2.63. The Bertz CT molecular complexity index is 748. The van der Waals surface area contributed by atoms with Crippen LogP contribution in [-0.2, 0) is 14.3 Å². The first-order valence-corrected chi connectivity index (χ1v) is 8.10. The van der Waals surface area contributed by atoms with E-state index in [-0.39, 0.29) is 6.61 Å². The number of amides is 1. The monoisotopic (exact) mass is 361 g/mol. The second-order valence-electron chi connectivity index (χ2n) is 5.30. The first kappa shape index (κ1) is 19.2. The Hall–Kier alpha value is -3.09. The van der Waals surface area contributed by atoms with Crippen LogP contribution in [0.15, 0.2) is 48.5 Å². The van der Waals surface area contributed by atoms with E-state index < -0.39 is 23.8 Å². The number of ether oxygens (including phenoxy) is 3. The summed E-state index contributed by atoms with van der Waals surface area (Å²) < 4.78 is 28.7. The zero-order chi connectivity index (χ0) is 18.9. The van der Waals surface area contributed by atoms with Crippen molar-refractivity contribution in [3.63, 3.8) is 0 Å². The molecule has 1 N–H and O–H groups in total. The maximum atomic E-state index is 12.9. The zero-order valence-corrected chi connectivity index (χ0v) is 14.5. The van der Waals surface area contributed by atoms with E-state index in [0.717, 1.165) is 0 Å². The summed E-state index contributed by atoms with van der Waals surface area (Å²) in [6.07, 6.45) is -1.03. The highest BCUT2D eigenvalue weighted by Gasteiger charge is 2.18. The van der Waals surface area contributed by atoms with Crippen LogP contribution in [0.5, 0.6) is 11.5 Å². The summed E-state index contributed by atoms with van der Waals surface area (Å²) in [4.78, 5) is 23.9. The Morgan fingerprint density at radius 3 is 2.27 bits per heavy atom. The quantitative estimate of drug-likeness (QED) is 0.731. The van der Waals surface area contributed by atoms with Gasteiger partial charge in [-0.25, -0.2) is 9.18 Å². The van der Waals surface area contributed by atoms with Crippen LogP contribution in [0.2, 0.25) is 0 Å². The topological polar surface area (TPSA) is 73.9 Å². The number of carbonyl (C=O) groups excluding carboxylic acids is 2. The van der Waals surface area contributed by atoms with Crippen LogP contribution in [0.3, 0.4) is 0 Å². The van der Waals surface area contributed by atoms with Crippen molar-refractivity contribution in [2.75, 3.05) is 18.5 Å². The predicted molar refractivity (Wildman–Crippen MR) is 93.7 cm³/mol. The van der Waals surface area contributed by atoms with Gasteiger partial charge in [-0.2, -0.15) is 0 Å². The van der Waals surface area contributed by atoms with E-state index in [2.05, 4.69) is 5.32 Å². The molecule has 0 spiro atoms. The van der Waals surface area contributed by atoms with Gasteiger partial charge in [0.2, 0.25) is 0 Å². The van der Waals surface area contributed by atoms with Gasteiger partial charge in [0, 0.05) is 5.69 Å². The fourth-order valence-corrected chi connectivity index (χ4v) is 2.04. The van der Waals surface area contributed by atoms with Crippen LogP contribution < -0.4 is 14.8 Å². The van der Waals surface area contributed by atoms with Gasteiger partial charge in [0.1, 0.15) is 5.82 Å². The number of para-hydroxylation sites is 2. The first-order chi connectivity index (χ1) is 12.5. The molecule has 0 aromatic heterocycles. The van der Waals surface area contributed by atoms with Gasteiger partial charge < -0.3 is 19.5 Å². The van der Waals surface area contributed by atoms with Crippen molar-refractivity contribution in [3.8, 4) is 11.5 Å². The minimum absolute atomic E-state index is 0.363. The smallest absolute Gasteiger partial charge is 0.344 e. The van der Waals surface area contributed by atoms with Crippen LogP contribution in [0.4, 0.5) is 10.1 Å². The number of halogens is 1. The summed E-state index contributed by atoms with van der Waals surface area (Å²) in [6, 6.07) is 12.2. The van der Waals surface area contributed by atoms with Crippen molar-refractivity contribution in [1.29, 1.82) is 0 Å². The van der Waals surface area contributed by atoms with Gasteiger partial charge in [-0.05, 0) is 50.2 Å². The fraction of sp³-hybridized carbons (Fsp3) is 0.263. The third-order valence-corrected chi connectivity index (χ3v) is 3.28. The third kappa shape index (κ3) is 5.77. The number of anilines is 1. The van der Waals surface area contributed by atoms with E-state index in [1.165, 1.54) is 31.2 Å². The van der Waals surface area contributed by atoms with Gasteiger partial charge in [0.25, 0.3) is 5.91 Å². The molecule has 0 unspecified atom stereocenters. The fourth-order valence-electron chi connectivity index (χ4n) is 2.04. The largest absolute Gasteiger partial charge is 0.490 e. The number of benzene rings is 2. The van der Waals surface area contributed by atoms with Crippen molar-refractivity contribution in [2.24, 2.45) is 0 Å². The molecule has 2 aromatic carbocycles. The highest BCUT2D eigenvalue weighted by Crippen LogP contribution is 2.26. The summed E-state index contributed by atoms with van der Waals surface area (Å²) in [7, 11) is 0. The van der Waals surface area contributed by atoms with Gasteiger partial charge in [-0.15, -0.1) is 0 Å². The van der Waals surface area contributed by atoms with E-state index in [1.54, 1.807) is 24.3 Å². The van der Waals surface area contributed by atoms with Crippen LogP contribution in [-0.4, -0.2) is 31.2 Å². The van der Waals surface area contributed by atoms with Gasteiger partial charge in [-0.3, -0.25) is 4.79 Å². The molecule has 0 radical (unpaired) electrons. The van der Waals surface area contributed by atoms with E-state index in [0.29, 0.717) is 23.8 Å². The van der Waals surface area contributed by atoms with Gasteiger partial charge in [0.15, 0.2) is 24.2 Å². The average molecular weight is 361 g/mol. The lowest BCUT2D eigenvalue weighted by Crippen LogP contribution is -2.31. The minimum Gasteiger partial charge on any atom is -0.490 e. The van der Waals surface area contributed by atoms with Crippen LogP contribution in [0.25, 0.3) is 0 Å². The minimum atomic E-state index is -1.03. The lowest BCUT2D eigenvalue weighted by atomic mass is 10.3. The van der Waals surface area contributed by atoms with Gasteiger partial charge in [-0.1, -0.05) is 12.1 Å². The predicted octanol–water partition coefficient (Wildman–Crippen LogP) is 3.17. The molecule has 0 aliphatic heterocycles. The van der Waals surface area contributed by atoms with Crippen molar-refractivity contribution in [3.05, 3.63) is 54.3 Å². The van der Waals surface area contributed by atoms with Crippen molar-refractivity contribution in [2.45, 2.75) is 20.0 Å².